The number of nitrogens with zero attached hydrogens (tertiary/aromatic N) is 1. The second-order valence-corrected chi connectivity index (χ2v) is 7.76. The molecule has 0 bridgehead atoms. The van der Waals surface area contributed by atoms with Gasteiger partial charge in [0.2, 0.25) is 5.88 Å². The first kappa shape index (κ1) is 22.1. The zero-order chi connectivity index (χ0) is 20.7. The average molecular weight is 474 g/mol. The van der Waals surface area contributed by atoms with E-state index in [0.29, 0.717) is 23.6 Å². The van der Waals surface area contributed by atoms with Crippen molar-refractivity contribution in [3.8, 4) is 5.88 Å². The largest absolute Gasteiger partial charge is 0.471 e. The highest BCUT2D eigenvalue weighted by atomic mass is 79.9. The molecule has 0 aliphatic rings. The number of benzene rings is 1. The normalized spacial score (nSPS) is 10.8. The van der Waals surface area contributed by atoms with Gasteiger partial charge in [0.25, 0.3) is 5.91 Å². The molecule has 1 aromatic heterocycles. The van der Waals surface area contributed by atoms with E-state index in [4.69, 9.17) is 10.5 Å². The molecular formula is C17H21BrFN5O3S. The molecule has 8 nitrogen and oxygen atoms in total. The first-order valence-electron chi connectivity index (χ1n) is 8.42. The Kier molecular flexibility index (Phi) is 8.15. The number of nitrogens with two attached hydrogens (primary N) is 1. The minimum Gasteiger partial charge on any atom is -0.471 e. The molecule has 0 saturated heterocycles. The quantitative estimate of drug-likeness (QED) is 0.417. The number of aromatic nitrogens is 1. The summed E-state index contributed by atoms with van der Waals surface area (Å²) in [7, 11) is 0. The minimum absolute atomic E-state index is 0.0574. The Morgan fingerprint density at radius 3 is 2.75 bits per heavy atom. The fraction of sp³-hybridized carbons (Fsp3) is 0.353. The summed E-state index contributed by atoms with van der Waals surface area (Å²) in [6.07, 6.45) is 0. The summed E-state index contributed by atoms with van der Waals surface area (Å²) in [5.74, 6) is -1.33. The molecular weight excluding hydrogens is 453 g/mol. The van der Waals surface area contributed by atoms with E-state index < -0.39 is 17.8 Å². The van der Waals surface area contributed by atoms with Crippen molar-refractivity contribution in [1.29, 1.82) is 0 Å². The molecule has 0 saturated carbocycles. The van der Waals surface area contributed by atoms with E-state index in [2.05, 4.69) is 36.3 Å². The van der Waals surface area contributed by atoms with Gasteiger partial charge in [0, 0.05) is 29.2 Å². The third-order valence-electron chi connectivity index (χ3n) is 3.48. The van der Waals surface area contributed by atoms with Crippen molar-refractivity contribution in [2.24, 2.45) is 5.73 Å². The average Bonchev–Trinajstić information content (AvgIpc) is 3.00. The lowest BCUT2D eigenvalue weighted by atomic mass is 10.2. The van der Waals surface area contributed by atoms with Crippen molar-refractivity contribution in [3.63, 3.8) is 0 Å². The van der Waals surface area contributed by atoms with Gasteiger partial charge in [-0.25, -0.2) is 9.18 Å². The molecule has 0 spiro atoms. The number of ether oxygens (including phenoxy) is 1. The van der Waals surface area contributed by atoms with Crippen molar-refractivity contribution in [3.05, 3.63) is 39.6 Å². The highest BCUT2D eigenvalue weighted by molar-refractivity contribution is 9.10. The standard InChI is InChI=1S/C17H21BrFN5O3S/c1-9(2)21-5-6-22-17(26)23-16-13(14(20)25)15(24-28-16)27-8-10-3-4-11(18)7-12(10)19/h3-4,7,9,21H,5-6,8H2,1-2H3,(H2,20,25)(H2,22,23,26). The van der Waals surface area contributed by atoms with Gasteiger partial charge in [0.1, 0.15) is 23.0 Å². The maximum atomic E-state index is 13.9. The molecule has 0 radical (unpaired) electrons. The molecule has 2 aromatic rings. The second-order valence-electron chi connectivity index (χ2n) is 6.07. The van der Waals surface area contributed by atoms with E-state index in [1.165, 1.54) is 6.07 Å². The maximum Gasteiger partial charge on any atom is 0.319 e. The van der Waals surface area contributed by atoms with Gasteiger partial charge in [0.15, 0.2) is 0 Å². The van der Waals surface area contributed by atoms with Crippen molar-refractivity contribution in [2.75, 3.05) is 18.4 Å². The van der Waals surface area contributed by atoms with Crippen LogP contribution in [0.2, 0.25) is 0 Å². The van der Waals surface area contributed by atoms with Crippen LogP contribution in [0.1, 0.15) is 29.8 Å². The Morgan fingerprint density at radius 2 is 2.11 bits per heavy atom. The van der Waals surface area contributed by atoms with Gasteiger partial charge in [-0.2, -0.15) is 4.37 Å². The summed E-state index contributed by atoms with van der Waals surface area (Å²) in [6.45, 7) is 4.86. The molecule has 0 fully saturated rings. The van der Waals surface area contributed by atoms with E-state index in [-0.39, 0.29) is 28.6 Å². The van der Waals surface area contributed by atoms with Gasteiger partial charge < -0.3 is 21.1 Å². The Bertz CT molecular complexity index is 846. The SMILES string of the molecule is CC(C)NCCNC(=O)Nc1snc(OCc2ccc(Br)cc2F)c1C(N)=O. The Balaban J connectivity index is 2.00. The van der Waals surface area contributed by atoms with Crippen LogP contribution >= 0.6 is 27.5 Å². The van der Waals surface area contributed by atoms with E-state index in [1.807, 2.05) is 13.8 Å². The van der Waals surface area contributed by atoms with Gasteiger partial charge in [0.05, 0.1) is 0 Å². The topological polar surface area (TPSA) is 118 Å². The molecule has 1 heterocycles. The summed E-state index contributed by atoms with van der Waals surface area (Å²) >= 11 is 4.03. The smallest absolute Gasteiger partial charge is 0.319 e. The molecule has 0 aliphatic heterocycles. The van der Waals surface area contributed by atoms with Gasteiger partial charge >= 0.3 is 6.03 Å². The van der Waals surface area contributed by atoms with Crippen molar-refractivity contribution < 1.29 is 18.7 Å². The summed E-state index contributed by atoms with van der Waals surface area (Å²) in [5, 5.41) is 8.51. The zero-order valence-corrected chi connectivity index (χ0v) is 17.7. The fourth-order valence-electron chi connectivity index (χ4n) is 2.15. The lowest BCUT2D eigenvalue weighted by Gasteiger charge is -2.10. The van der Waals surface area contributed by atoms with Crippen molar-refractivity contribution in [1.82, 2.24) is 15.0 Å². The molecule has 152 valence electrons. The van der Waals surface area contributed by atoms with Crippen LogP contribution in [0.25, 0.3) is 0 Å². The van der Waals surface area contributed by atoms with Crippen molar-refractivity contribution >= 4 is 44.4 Å². The number of anilines is 1. The lowest BCUT2D eigenvalue weighted by Crippen LogP contribution is -2.36. The van der Waals surface area contributed by atoms with Gasteiger partial charge in [-0.3, -0.25) is 10.1 Å². The van der Waals surface area contributed by atoms with Crippen LogP contribution in [0.3, 0.4) is 0 Å². The molecule has 2 rings (SSSR count). The van der Waals surface area contributed by atoms with Gasteiger partial charge in [-0.1, -0.05) is 35.8 Å². The molecule has 3 amide bonds. The minimum atomic E-state index is -0.809. The summed E-state index contributed by atoms with van der Waals surface area (Å²) in [6, 6.07) is 4.34. The first-order valence-corrected chi connectivity index (χ1v) is 9.99. The predicted octanol–water partition coefficient (Wildman–Crippen LogP) is 2.84. The number of amides is 3. The molecule has 0 atom stereocenters. The van der Waals surface area contributed by atoms with Gasteiger partial charge in [-0.15, -0.1) is 0 Å². The molecule has 0 aliphatic carbocycles. The summed E-state index contributed by atoms with van der Waals surface area (Å²) < 4.78 is 24.0. The van der Waals surface area contributed by atoms with Crippen LogP contribution in [-0.4, -0.2) is 35.4 Å². The first-order chi connectivity index (χ1) is 13.3. The second kappa shape index (κ2) is 10.3. The highest BCUT2D eigenvalue weighted by Crippen LogP contribution is 2.31. The molecule has 0 unspecified atom stereocenters. The van der Waals surface area contributed by atoms with Crippen LogP contribution < -0.4 is 26.4 Å². The highest BCUT2D eigenvalue weighted by Gasteiger charge is 2.22. The third kappa shape index (κ3) is 6.43. The number of nitrogens with one attached hydrogen (secondary N) is 3. The molecule has 28 heavy (non-hydrogen) atoms. The summed E-state index contributed by atoms with van der Waals surface area (Å²) in [5.41, 5.74) is 5.63. The number of carbonyl (C=O) groups is 2. The van der Waals surface area contributed by atoms with Crippen LogP contribution in [0, 0.1) is 5.82 Å². The van der Waals surface area contributed by atoms with E-state index >= 15 is 0 Å². The number of hydrogen-bond acceptors (Lipinski definition) is 6. The zero-order valence-electron chi connectivity index (χ0n) is 15.3. The molecule has 1 aromatic carbocycles. The van der Waals surface area contributed by atoms with E-state index in [0.717, 1.165) is 11.5 Å². The summed E-state index contributed by atoms with van der Waals surface area (Å²) in [4.78, 5) is 23.8. The monoisotopic (exact) mass is 473 g/mol. The van der Waals surface area contributed by atoms with E-state index in [9.17, 15) is 14.0 Å². The number of primary amides is 1. The maximum absolute atomic E-state index is 13.9. The van der Waals surface area contributed by atoms with E-state index in [1.54, 1.807) is 12.1 Å². The van der Waals surface area contributed by atoms with Crippen molar-refractivity contribution in [2.45, 2.75) is 26.5 Å². The van der Waals surface area contributed by atoms with Crippen LogP contribution in [0.5, 0.6) is 5.88 Å². The predicted molar refractivity (Wildman–Crippen MR) is 109 cm³/mol. The van der Waals surface area contributed by atoms with Gasteiger partial charge in [-0.05, 0) is 23.7 Å². The number of rotatable bonds is 9. The van der Waals surface area contributed by atoms with Crippen LogP contribution in [0.4, 0.5) is 14.2 Å². The van der Waals surface area contributed by atoms with Crippen LogP contribution in [0.15, 0.2) is 22.7 Å². The number of urea groups is 1. The fourth-order valence-corrected chi connectivity index (χ4v) is 3.21. The molecule has 11 heteroatoms. The number of halogens is 2. The Morgan fingerprint density at radius 1 is 1.36 bits per heavy atom. The number of hydrogen-bond donors (Lipinski definition) is 4. The Hall–Kier alpha value is -2.24. The lowest BCUT2D eigenvalue weighted by molar-refractivity contribution is 0.0996. The molecule has 5 N–H and O–H groups in total. The number of carbonyl (C=O) groups excluding carboxylic acids is 2. The third-order valence-corrected chi connectivity index (χ3v) is 4.72. The van der Waals surface area contributed by atoms with Crippen LogP contribution in [-0.2, 0) is 6.61 Å². The Labute approximate surface area is 174 Å².